The number of benzene rings is 1. The van der Waals surface area contributed by atoms with Crippen LogP contribution in [0.3, 0.4) is 0 Å². The van der Waals surface area contributed by atoms with E-state index in [0.29, 0.717) is 11.7 Å². The molecule has 1 aliphatic rings. The van der Waals surface area contributed by atoms with Gasteiger partial charge in [0.1, 0.15) is 11.5 Å². The zero-order valence-corrected chi connectivity index (χ0v) is 14.5. The van der Waals surface area contributed by atoms with Gasteiger partial charge in [0, 0.05) is 11.1 Å². The van der Waals surface area contributed by atoms with E-state index in [2.05, 4.69) is 20.8 Å². The van der Waals surface area contributed by atoms with E-state index < -0.39 is 0 Å². The van der Waals surface area contributed by atoms with Gasteiger partial charge in [-0.05, 0) is 36.7 Å². The minimum absolute atomic E-state index is 0.0428. The molecule has 0 saturated heterocycles. The molecule has 2 rings (SSSR count). The lowest BCUT2D eigenvalue weighted by Crippen LogP contribution is -2.18. The molecular formula is C20H32O2. The summed E-state index contributed by atoms with van der Waals surface area (Å²) in [4.78, 5) is 0. The second kappa shape index (κ2) is 7.39. The molecule has 1 fully saturated rings. The molecule has 0 heterocycles. The summed E-state index contributed by atoms with van der Waals surface area (Å²) in [6.07, 6.45) is 10.6. The van der Waals surface area contributed by atoms with Crippen LogP contribution in [-0.4, -0.2) is 10.2 Å². The lowest BCUT2D eigenvalue weighted by atomic mass is 9.77. The molecule has 0 atom stereocenters. The Hall–Kier alpha value is -1.18. The molecule has 0 spiro atoms. The first-order valence-corrected chi connectivity index (χ1v) is 9.02. The van der Waals surface area contributed by atoms with E-state index >= 15 is 0 Å². The fraction of sp³-hybridized carbons (Fsp3) is 0.700. The minimum Gasteiger partial charge on any atom is -0.508 e. The van der Waals surface area contributed by atoms with Gasteiger partial charge < -0.3 is 10.2 Å². The average Bonchev–Trinajstić information content (AvgIpc) is 2.97. The molecule has 1 aliphatic carbocycles. The van der Waals surface area contributed by atoms with Crippen LogP contribution in [0.5, 0.6) is 11.5 Å². The maximum atomic E-state index is 10.8. The molecule has 2 nitrogen and oxygen atoms in total. The molecule has 0 amide bonds. The van der Waals surface area contributed by atoms with Crippen LogP contribution >= 0.6 is 0 Å². The zero-order chi connectivity index (χ0) is 16.2. The first-order chi connectivity index (χ1) is 10.5. The number of unbranched alkanes of at least 4 members (excludes halogenated alkanes) is 3. The van der Waals surface area contributed by atoms with E-state index in [0.717, 1.165) is 30.4 Å². The van der Waals surface area contributed by atoms with Crippen molar-refractivity contribution in [2.45, 2.75) is 89.9 Å². The molecule has 0 radical (unpaired) electrons. The molecule has 0 aliphatic heterocycles. The van der Waals surface area contributed by atoms with Crippen molar-refractivity contribution in [3.63, 3.8) is 0 Å². The second-order valence-electron chi connectivity index (χ2n) is 7.57. The summed E-state index contributed by atoms with van der Waals surface area (Å²) >= 11 is 0. The fourth-order valence-corrected chi connectivity index (χ4v) is 3.89. The number of phenols is 2. The van der Waals surface area contributed by atoms with Gasteiger partial charge in [0.05, 0.1) is 0 Å². The van der Waals surface area contributed by atoms with Crippen molar-refractivity contribution in [2.75, 3.05) is 0 Å². The highest BCUT2D eigenvalue weighted by molar-refractivity contribution is 5.53. The topological polar surface area (TPSA) is 40.5 Å². The highest BCUT2D eigenvalue weighted by atomic mass is 16.3. The zero-order valence-electron chi connectivity index (χ0n) is 14.5. The number of hydrogen-bond donors (Lipinski definition) is 2. The molecule has 0 aromatic heterocycles. The number of hydrogen-bond acceptors (Lipinski definition) is 2. The van der Waals surface area contributed by atoms with Gasteiger partial charge in [-0.2, -0.15) is 0 Å². The van der Waals surface area contributed by atoms with Gasteiger partial charge in [0.25, 0.3) is 0 Å². The Morgan fingerprint density at radius 3 is 2.36 bits per heavy atom. The van der Waals surface area contributed by atoms with Crippen molar-refractivity contribution in [3.8, 4) is 11.5 Å². The predicted molar refractivity (Wildman–Crippen MR) is 92.8 cm³/mol. The quantitative estimate of drug-likeness (QED) is 0.606. The largest absolute Gasteiger partial charge is 0.508 e. The van der Waals surface area contributed by atoms with Crippen LogP contribution in [0.4, 0.5) is 0 Å². The maximum Gasteiger partial charge on any atom is 0.126 e. The first-order valence-electron chi connectivity index (χ1n) is 9.02. The maximum absolute atomic E-state index is 10.8. The summed E-state index contributed by atoms with van der Waals surface area (Å²) in [7, 11) is 0. The molecule has 0 unspecified atom stereocenters. The summed E-state index contributed by atoms with van der Waals surface area (Å²) in [5.74, 6) is 0.957. The molecule has 1 aromatic rings. The van der Waals surface area contributed by atoms with Crippen molar-refractivity contribution in [1.29, 1.82) is 0 Å². The Kier molecular flexibility index (Phi) is 5.77. The van der Waals surface area contributed by atoms with Crippen molar-refractivity contribution in [3.05, 3.63) is 23.3 Å². The van der Waals surface area contributed by atoms with Gasteiger partial charge in [-0.3, -0.25) is 0 Å². The number of aromatic hydroxyl groups is 2. The first kappa shape index (κ1) is 17.2. The average molecular weight is 304 g/mol. The number of phenolic OH excluding ortho intramolecular Hbond substituents is 2. The molecule has 1 saturated carbocycles. The predicted octanol–water partition coefficient (Wildman–Crippen LogP) is 6.00. The van der Waals surface area contributed by atoms with Crippen molar-refractivity contribution >= 4 is 0 Å². The summed E-state index contributed by atoms with van der Waals surface area (Å²) in [5.41, 5.74) is 1.76. The highest BCUT2D eigenvalue weighted by Gasteiger charge is 2.30. The van der Waals surface area contributed by atoms with Crippen LogP contribution in [0, 0.1) is 0 Å². The van der Waals surface area contributed by atoms with Crippen LogP contribution in [0.25, 0.3) is 0 Å². The van der Waals surface area contributed by atoms with Crippen LogP contribution in [0.15, 0.2) is 12.1 Å². The molecule has 2 N–H and O–H groups in total. The Labute approximate surface area is 135 Å². The molecule has 22 heavy (non-hydrogen) atoms. The van der Waals surface area contributed by atoms with E-state index in [1.807, 2.05) is 6.07 Å². The van der Waals surface area contributed by atoms with E-state index in [1.165, 1.54) is 38.5 Å². The van der Waals surface area contributed by atoms with E-state index in [4.69, 9.17) is 0 Å². The van der Waals surface area contributed by atoms with E-state index in [9.17, 15) is 10.2 Å². The monoisotopic (exact) mass is 304 g/mol. The van der Waals surface area contributed by atoms with Gasteiger partial charge in [0.15, 0.2) is 0 Å². The van der Waals surface area contributed by atoms with Gasteiger partial charge in [0.2, 0.25) is 0 Å². The van der Waals surface area contributed by atoms with Gasteiger partial charge in [-0.25, -0.2) is 0 Å². The van der Waals surface area contributed by atoms with Crippen LogP contribution in [-0.2, 0) is 5.41 Å². The number of rotatable bonds is 7. The van der Waals surface area contributed by atoms with Crippen LogP contribution in [0.2, 0.25) is 0 Å². The highest BCUT2D eigenvalue weighted by Crippen LogP contribution is 2.47. The van der Waals surface area contributed by atoms with Gasteiger partial charge in [-0.1, -0.05) is 65.4 Å². The lowest BCUT2D eigenvalue weighted by molar-refractivity contribution is 0.389. The standard InChI is InChI=1S/C20H32O2/c1-4-5-6-9-14-20(2,3)16-12-13-17(21)18(19(16)22)15-10-7-8-11-15/h12-13,15,21-22H,4-11,14H2,1-3H3. The van der Waals surface area contributed by atoms with Crippen LogP contribution < -0.4 is 0 Å². The Morgan fingerprint density at radius 1 is 1.05 bits per heavy atom. The third kappa shape index (κ3) is 3.77. The van der Waals surface area contributed by atoms with Crippen LogP contribution in [0.1, 0.15) is 95.6 Å². The van der Waals surface area contributed by atoms with Crippen molar-refractivity contribution in [1.82, 2.24) is 0 Å². The molecule has 2 heteroatoms. The Balaban J connectivity index is 2.21. The summed E-state index contributed by atoms with van der Waals surface area (Å²) < 4.78 is 0. The lowest BCUT2D eigenvalue weighted by Gasteiger charge is -2.28. The Bertz CT molecular complexity index is 485. The third-order valence-corrected chi connectivity index (χ3v) is 5.34. The normalized spacial score (nSPS) is 16.3. The summed E-state index contributed by atoms with van der Waals surface area (Å²) in [6.45, 7) is 6.65. The van der Waals surface area contributed by atoms with Crippen molar-refractivity contribution in [2.24, 2.45) is 0 Å². The van der Waals surface area contributed by atoms with Gasteiger partial charge in [-0.15, -0.1) is 0 Å². The molecular weight excluding hydrogens is 272 g/mol. The minimum atomic E-state index is -0.0428. The molecule has 0 bridgehead atoms. The summed E-state index contributed by atoms with van der Waals surface area (Å²) in [5, 5.41) is 21.0. The summed E-state index contributed by atoms with van der Waals surface area (Å²) in [6, 6.07) is 3.71. The van der Waals surface area contributed by atoms with Gasteiger partial charge >= 0.3 is 0 Å². The third-order valence-electron chi connectivity index (χ3n) is 5.34. The van der Waals surface area contributed by atoms with E-state index in [-0.39, 0.29) is 11.2 Å². The molecule has 1 aromatic carbocycles. The Morgan fingerprint density at radius 2 is 1.73 bits per heavy atom. The second-order valence-corrected chi connectivity index (χ2v) is 7.57. The fourth-order valence-electron chi connectivity index (χ4n) is 3.89. The SMILES string of the molecule is CCCCCCC(C)(C)c1ccc(O)c(C2CCCC2)c1O. The smallest absolute Gasteiger partial charge is 0.126 e. The van der Waals surface area contributed by atoms with Crippen molar-refractivity contribution < 1.29 is 10.2 Å². The molecule has 124 valence electrons. The van der Waals surface area contributed by atoms with E-state index in [1.54, 1.807) is 6.07 Å².